The molecule has 0 amide bonds. The van der Waals surface area contributed by atoms with E-state index in [1.807, 2.05) is 6.07 Å². The van der Waals surface area contributed by atoms with Gasteiger partial charge in [-0.05, 0) is 31.7 Å². The fourth-order valence-corrected chi connectivity index (χ4v) is 2.46. The average Bonchev–Trinajstić information content (AvgIpc) is 2.30. The van der Waals surface area contributed by atoms with Crippen LogP contribution in [-0.4, -0.2) is 22.6 Å². The van der Waals surface area contributed by atoms with E-state index in [2.05, 4.69) is 21.8 Å². The molecular formula is C12H20N4. The molecule has 16 heavy (non-hydrogen) atoms. The summed E-state index contributed by atoms with van der Waals surface area (Å²) in [7, 11) is 0. The van der Waals surface area contributed by atoms with E-state index in [0.717, 1.165) is 12.4 Å². The number of piperidine rings is 1. The van der Waals surface area contributed by atoms with Crippen LogP contribution < -0.4 is 10.6 Å². The van der Waals surface area contributed by atoms with Crippen molar-refractivity contribution < 1.29 is 0 Å². The maximum Gasteiger partial charge on any atom is 0.221 e. The Morgan fingerprint density at radius 3 is 3.12 bits per heavy atom. The normalized spacial score (nSPS) is 21.1. The van der Waals surface area contributed by atoms with Crippen molar-refractivity contribution >= 4 is 11.8 Å². The predicted molar refractivity (Wildman–Crippen MR) is 66.3 cm³/mol. The van der Waals surface area contributed by atoms with Gasteiger partial charge in [0.2, 0.25) is 5.95 Å². The molecule has 1 aliphatic rings. The number of aromatic nitrogens is 2. The Morgan fingerprint density at radius 1 is 1.50 bits per heavy atom. The molecule has 4 nitrogen and oxygen atoms in total. The van der Waals surface area contributed by atoms with Gasteiger partial charge in [0.15, 0.2) is 0 Å². The Balaban J connectivity index is 2.16. The van der Waals surface area contributed by atoms with Crippen molar-refractivity contribution in [1.29, 1.82) is 0 Å². The second-order valence-corrected chi connectivity index (χ2v) is 4.40. The fraction of sp³-hybridized carbons (Fsp3) is 0.667. The summed E-state index contributed by atoms with van der Waals surface area (Å²) in [4.78, 5) is 10.7. The number of nitrogens with two attached hydrogens (primary N) is 1. The molecule has 0 aliphatic carbocycles. The van der Waals surface area contributed by atoms with E-state index < -0.39 is 0 Å². The predicted octanol–water partition coefficient (Wildman–Crippen LogP) is 2.22. The number of nitrogen functional groups attached to an aromatic ring is 1. The molecule has 2 N–H and O–H groups in total. The third-order valence-electron chi connectivity index (χ3n) is 3.20. The minimum atomic E-state index is 0.373. The van der Waals surface area contributed by atoms with Crippen LogP contribution in [0.2, 0.25) is 0 Å². The SMILES string of the molecule is CCCC1CCCCN1c1ccnc(N)n1. The summed E-state index contributed by atoms with van der Waals surface area (Å²) in [6, 6.07) is 2.60. The highest BCUT2D eigenvalue weighted by molar-refractivity contribution is 5.42. The van der Waals surface area contributed by atoms with Gasteiger partial charge in [-0.1, -0.05) is 13.3 Å². The van der Waals surface area contributed by atoms with Crippen LogP contribution in [-0.2, 0) is 0 Å². The van der Waals surface area contributed by atoms with Crippen molar-refractivity contribution in [2.24, 2.45) is 0 Å². The maximum absolute atomic E-state index is 5.64. The Morgan fingerprint density at radius 2 is 2.38 bits per heavy atom. The fourth-order valence-electron chi connectivity index (χ4n) is 2.46. The third kappa shape index (κ3) is 2.43. The smallest absolute Gasteiger partial charge is 0.221 e. The van der Waals surface area contributed by atoms with Crippen LogP contribution >= 0.6 is 0 Å². The van der Waals surface area contributed by atoms with Gasteiger partial charge in [-0.3, -0.25) is 0 Å². The Labute approximate surface area is 96.9 Å². The van der Waals surface area contributed by atoms with Gasteiger partial charge in [0, 0.05) is 18.8 Å². The number of hydrogen-bond donors (Lipinski definition) is 1. The Kier molecular flexibility index (Phi) is 3.59. The van der Waals surface area contributed by atoms with Gasteiger partial charge in [-0.15, -0.1) is 0 Å². The van der Waals surface area contributed by atoms with Gasteiger partial charge in [-0.25, -0.2) is 4.98 Å². The highest BCUT2D eigenvalue weighted by Gasteiger charge is 2.22. The molecule has 0 saturated carbocycles. The van der Waals surface area contributed by atoms with Gasteiger partial charge in [-0.2, -0.15) is 4.98 Å². The lowest BCUT2D eigenvalue weighted by Crippen LogP contribution is -2.40. The summed E-state index contributed by atoms with van der Waals surface area (Å²) in [5.74, 6) is 1.36. The first-order chi connectivity index (χ1) is 7.81. The zero-order chi connectivity index (χ0) is 11.4. The number of hydrogen-bond acceptors (Lipinski definition) is 4. The Bertz CT molecular complexity index is 338. The molecule has 0 aromatic carbocycles. The molecular weight excluding hydrogens is 200 g/mol. The minimum absolute atomic E-state index is 0.373. The van der Waals surface area contributed by atoms with Crippen LogP contribution in [0.3, 0.4) is 0 Å². The molecule has 2 heterocycles. The molecule has 1 unspecified atom stereocenters. The van der Waals surface area contributed by atoms with E-state index in [9.17, 15) is 0 Å². The molecule has 1 aliphatic heterocycles. The molecule has 0 spiro atoms. The zero-order valence-electron chi connectivity index (χ0n) is 9.89. The van der Waals surface area contributed by atoms with E-state index >= 15 is 0 Å². The maximum atomic E-state index is 5.64. The highest BCUT2D eigenvalue weighted by Crippen LogP contribution is 2.25. The summed E-state index contributed by atoms with van der Waals surface area (Å²) in [5, 5.41) is 0. The quantitative estimate of drug-likeness (QED) is 0.848. The molecule has 88 valence electrons. The first kappa shape index (κ1) is 11.2. The van der Waals surface area contributed by atoms with Crippen LogP contribution in [0.4, 0.5) is 11.8 Å². The highest BCUT2D eigenvalue weighted by atomic mass is 15.2. The first-order valence-corrected chi connectivity index (χ1v) is 6.16. The van der Waals surface area contributed by atoms with Crippen molar-refractivity contribution in [2.75, 3.05) is 17.2 Å². The van der Waals surface area contributed by atoms with Gasteiger partial charge in [0.05, 0.1) is 0 Å². The molecule has 1 fully saturated rings. The van der Waals surface area contributed by atoms with Crippen molar-refractivity contribution in [3.63, 3.8) is 0 Å². The molecule has 4 heteroatoms. The summed E-state index contributed by atoms with van der Waals surface area (Å²) in [6.07, 6.45) is 8.07. The number of anilines is 2. The van der Waals surface area contributed by atoms with Crippen molar-refractivity contribution in [3.8, 4) is 0 Å². The largest absolute Gasteiger partial charge is 0.368 e. The molecule has 1 saturated heterocycles. The van der Waals surface area contributed by atoms with Gasteiger partial charge in [0.1, 0.15) is 5.82 Å². The van der Waals surface area contributed by atoms with E-state index in [-0.39, 0.29) is 0 Å². The van der Waals surface area contributed by atoms with Gasteiger partial charge < -0.3 is 10.6 Å². The second-order valence-electron chi connectivity index (χ2n) is 4.40. The average molecular weight is 220 g/mol. The summed E-state index contributed by atoms with van der Waals surface area (Å²) >= 11 is 0. The zero-order valence-corrected chi connectivity index (χ0v) is 9.89. The van der Waals surface area contributed by atoms with Crippen molar-refractivity contribution in [3.05, 3.63) is 12.3 Å². The van der Waals surface area contributed by atoms with Crippen LogP contribution in [0.5, 0.6) is 0 Å². The van der Waals surface area contributed by atoms with Crippen molar-refractivity contribution in [1.82, 2.24) is 9.97 Å². The summed E-state index contributed by atoms with van der Waals surface area (Å²) in [6.45, 7) is 3.34. The molecule has 1 atom stereocenters. The lowest BCUT2D eigenvalue weighted by molar-refractivity contribution is 0.432. The minimum Gasteiger partial charge on any atom is -0.368 e. The van der Waals surface area contributed by atoms with E-state index in [4.69, 9.17) is 5.73 Å². The lowest BCUT2D eigenvalue weighted by Gasteiger charge is -2.36. The first-order valence-electron chi connectivity index (χ1n) is 6.16. The number of nitrogens with zero attached hydrogens (tertiary/aromatic N) is 3. The van der Waals surface area contributed by atoms with Crippen LogP contribution in [0, 0.1) is 0 Å². The van der Waals surface area contributed by atoms with Gasteiger partial charge in [0.25, 0.3) is 0 Å². The van der Waals surface area contributed by atoms with Crippen molar-refractivity contribution in [2.45, 2.75) is 45.1 Å². The van der Waals surface area contributed by atoms with E-state index in [0.29, 0.717) is 12.0 Å². The third-order valence-corrected chi connectivity index (χ3v) is 3.20. The lowest BCUT2D eigenvalue weighted by atomic mass is 9.98. The second kappa shape index (κ2) is 5.14. The van der Waals surface area contributed by atoms with Crippen LogP contribution in [0.1, 0.15) is 39.0 Å². The standard InChI is InChI=1S/C12H20N4/c1-2-5-10-6-3-4-9-16(10)11-7-8-14-12(13)15-11/h7-8,10H,2-6,9H2,1H3,(H2,13,14,15). The topological polar surface area (TPSA) is 55.0 Å². The molecule has 2 rings (SSSR count). The molecule has 0 bridgehead atoms. The van der Waals surface area contributed by atoms with E-state index in [1.54, 1.807) is 6.20 Å². The molecule has 1 aromatic rings. The van der Waals surface area contributed by atoms with Gasteiger partial charge >= 0.3 is 0 Å². The Hall–Kier alpha value is -1.32. The monoisotopic (exact) mass is 220 g/mol. The van der Waals surface area contributed by atoms with Crippen LogP contribution in [0.15, 0.2) is 12.3 Å². The summed E-state index contributed by atoms with van der Waals surface area (Å²) < 4.78 is 0. The van der Waals surface area contributed by atoms with Crippen LogP contribution in [0.25, 0.3) is 0 Å². The number of rotatable bonds is 3. The molecule has 0 radical (unpaired) electrons. The van der Waals surface area contributed by atoms with E-state index in [1.165, 1.54) is 32.1 Å². The molecule has 1 aromatic heterocycles. The summed E-state index contributed by atoms with van der Waals surface area (Å²) in [5.41, 5.74) is 5.64.